The maximum Gasteiger partial charge on any atom is 0.222 e. The Morgan fingerprint density at radius 1 is 1.36 bits per heavy atom. The minimum absolute atomic E-state index is 0.0344. The Kier molecular flexibility index (Phi) is 6.79. The van der Waals surface area contributed by atoms with E-state index < -0.39 is 0 Å². The molecule has 1 N–H and O–H groups in total. The summed E-state index contributed by atoms with van der Waals surface area (Å²) in [5, 5.41) is 12.5. The minimum atomic E-state index is -0.306. The number of nitrogens with zero attached hydrogens (tertiary/aromatic N) is 2. The van der Waals surface area contributed by atoms with Gasteiger partial charge in [-0.15, -0.1) is 11.8 Å². The van der Waals surface area contributed by atoms with Crippen LogP contribution in [-0.4, -0.2) is 35.2 Å². The highest BCUT2D eigenvalue weighted by molar-refractivity contribution is 8.04. The summed E-state index contributed by atoms with van der Waals surface area (Å²) in [7, 11) is 0. The van der Waals surface area contributed by atoms with Crippen LogP contribution in [0.15, 0.2) is 40.8 Å². The van der Waals surface area contributed by atoms with Crippen LogP contribution in [0, 0.1) is 17.2 Å². The minimum Gasteiger partial charge on any atom is -0.342 e. The third kappa shape index (κ3) is 4.59. The molecule has 0 bridgehead atoms. The number of rotatable bonds is 6. The lowest BCUT2D eigenvalue weighted by molar-refractivity contribution is -0.131. The second-order valence-corrected chi connectivity index (χ2v) is 8.73. The second-order valence-electron chi connectivity index (χ2n) is 7.49. The van der Waals surface area contributed by atoms with Gasteiger partial charge in [0.1, 0.15) is 0 Å². The lowest BCUT2D eigenvalue weighted by Crippen LogP contribution is -2.37. The van der Waals surface area contributed by atoms with Gasteiger partial charge in [0.05, 0.1) is 23.9 Å². The SMILES string of the molecule is CCCC(=O)N1CCC2=C(C1)SC(NC(=O)CC(C)c1ccccc1)C2C#N. The second kappa shape index (κ2) is 9.29. The zero-order valence-electron chi connectivity index (χ0n) is 16.5. The summed E-state index contributed by atoms with van der Waals surface area (Å²) in [5.41, 5.74) is 2.24. The third-order valence-corrected chi connectivity index (χ3v) is 6.73. The van der Waals surface area contributed by atoms with Crippen molar-refractivity contribution in [2.45, 2.75) is 50.8 Å². The van der Waals surface area contributed by atoms with E-state index in [1.54, 1.807) is 11.8 Å². The number of carbonyl (C=O) groups excluding carboxylic acids is 2. The van der Waals surface area contributed by atoms with E-state index in [1.807, 2.05) is 49.1 Å². The Morgan fingerprint density at radius 3 is 2.79 bits per heavy atom. The first kappa shape index (κ1) is 20.5. The number of amides is 2. The Hall–Kier alpha value is -2.26. The molecule has 3 atom stereocenters. The first-order chi connectivity index (χ1) is 13.5. The van der Waals surface area contributed by atoms with Gasteiger partial charge in [-0.3, -0.25) is 9.59 Å². The highest BCUT2D eigenvalue weighted by Gasteiger charge is 2.39. The molecule has 0 aromatic heterocycles. The summed E-state index contributed by atoms with van der Waals surface area (Å²) in [5.74, 6) is -0.0440. The smallest absolute Gasteiger partial charge is 0.222 e. The van der Waals surface area contributed by atoms with Gasteiger partial charge < -0.3 is 10.2 Å². The molecule has 0 fully saturated rings. The predicted octanol–water partition coefficient (Wildman–Crippen LogP) is 3.80. The quantitative estimate of drug-likeness (QED) is 0.792. The van der Waals surface area contributed by atoms with Gasteiger partial charge in [-0.1, -0.05) is 44.2 Å². The van der Waals surface area contributed by atoms with Crippen molar-refractivity contribution in [3.63, 3.8) is 0 Å². The highest BCUT2D eigenvalue weighted by atomic mass is 32.2. The van der Waals surface area contributed by atoms with Crippen LogP contribution in [0.4, 0.5) is 0 Å². The van der Waals surface area contributed by atoms with Crippen molar-refractivity contribution in [1.82, 2.24) is 10.2 Å². The average Bonchev–Trinajstić information content (AvgIpc) is 3.04. The Morgan fingerprint density at radius 2 is 2.11 bits per heavy atom. The summed E-state index contributed by atoms with van der Waals surface area (Å²) < 4.78 is 0. The topological polar surface area (TPSA) is 73.2 Å². The number of benzene rings is 1. The molecule has 3 unspecified atom stereocenters. The van der Waals surface area contributed by atoms with Gasteiger partial charge in [0.2, 0.25) is 11.8 Å². The molecule has 0 saturated carbocycles. The molecule has 1 aromatic rings. The first-order valence-corrected chi connectivity index (χ1v) is 10.8. The summed E-state index contributed by atoms with van der Waals surface area (Å²) in [6.07, 6.45) is 2.52. The number of hydrogen-bond donors (Lipinski definition) is 1. The molecule has 0 radical (unpaired) electrons. The van der Waals surface area contributed by atoms with Gasteiger partial charge >= 0.3 is 0 Å². The van der Waals surface area contributed by atoms with Crippen LogP contribution in [0.2, 0.25) is 0 Å². The zero-order chi connectivity index (χ0) is 20.1. The summed E-state index contributed by atoms with van der Waals surface area (Å²) in [6.45, 7) is 5.29. The maximum atomic E-state index is 12.6. The van der Waals surface area contributed by atoms with E-state index in [-0.39, 0.29) is 29.0 Å². The fourth-order valence-electron chi connectivity index (χ4n) is 3.83. The lowest BCUT2D eigenvalue weighted by Gasteiger charge is -2.28. The van der Waals surface area contributed by atoms with Gasteiger partial charge in [0.15, 0.2) is 0 Å². The molecule has 2 amide bonds. The van der Waals surface area contributed by atoms with E-state index in [0.717, 1.165) is 28.9 Å². The number of hydrogen-bond acceptors (Lipinski definition) is 4. The van der Waals surface area contributed by atoms with Crippen LogP contribution >= 0.6 is 11.8 Å². The van der Waals surface area contributed by atoms with Crippen molar-refractivity contribution in [3.8, 4) is 6.07 Å². The van der Waals surface area contributed by atoms with Crippen LogP contribution in [0.25, 0.3) is 0 Å². The van der Waals surface area contributed by atoms with Crippen molar-refractivity contribution in [3.05, 3.63) is 46.4 Å². The van der Waals surface area contributed by atoms with Crippen molar-refractivity contribution in [2.75, 3.05) is 13.1 Å². The van der Waals surface area contributed by atoms with Crippen molar-refractivity contribution in [2.24, 2.45) is 5.92 Å². The number of carbonyl (C=O) groups is 2. The standard InChI is InChI=1S/C22H27N3O2S/c1-3-7-21(27)25-11-10-17-18(13-23)22(28-19(17)14-25)24-20(26)12-15(2)16-8-5-4-6-9-16/h4-6,8-9,15,18,22H,3,7,10-12,14H2,1-2H3,(H,24,26). The van der Waals surface area contributed by atoms with E-state index >= 15 is 0 Å². The van der Waals surface area contributed by atoms with Gasteiger partial charge in [-0.25, -0.2) is 0 Å². The number of nitrogens with one attached hydrogen (secondary N) is 1. The highest BCUT2D eigenvalue weighted by Crippen LogP contribution is 2.44. The fourth-order valence-corrected chi connectivity index (χ4v) is 5.30. The molecule has 2 aliphatic heterocycles. The Balaban J connectivity index is 1.60. The fraction of sp³-hybridized carbons (Fsp3) is 0.500. The number of thioether (sulfide) groups is 1. The molecule has 3 rings (SSSR count). The molecule has 5 nitrogen and oxygen atoms in total. The van der Waals surface area contributed by atoms with Crippen LogP contribution in [0.3, 0.4) is 0 Å². The lowest BCUT2D eigenvalue weighted by atomic mass is 9.94. The monoisotopic (exact) mass is 397 g/mol. The maximum absolute atomic E-state index is 12.6. The number of nitriles is 1. The average molecular weight is 398 g/mol. The van der Waals surface area contributed by atoms with Gasteiger partial charge in [0.25, 0.3) is 0 Å². The van der Waals surface area contributed by atoms with Gasteiger partial charge in [0, 0.05) is 24.3 Å². The summed E-state index contributed by atoms with van der Waals surface area (Å²) in [6, 6.07) is 12.4. The molecule has 2 heterocycles. The Labute approximate surface area is 171 Å². The summed E-state index contributed by atoms with van der Waals surface area (Å²) >= 11 is 1.55. The van der Waals surface area contributed by atoms with E-state index in [4.69, 9.17) is 0 Å². The van der Waals surface area contributed by atoms with E-state index in [0.29, 0.717) is 25.9 Å². The molecule has 2 aliphatic rings. The van der Waals surface area contributed by atoms with Gasteiger partial charge in [-0.05, 0) is 29.9 Å². The van der Waals surface area contributed by atoms with E-state index in [2.05, 4.69) is 11.4 Å². The zero-order valence-corrected chi connectivity index (χ0v) is 17.3. The van der Waals surface area contributed by atoms with Crippen molar-refractivity contribution < 1.29 is 9.59 Å². The van der Waals surface area contributed by atoms with Crippen molar-refractivity contribution in [1.29, 1.82) is 5.26 Å². The molecule has 1 aromatic carbocycles. The Bertz CT molecular complexity index is 800. The molecule has 0 aliphatic carbocycles. The molecular weight excluding hydrogens is 370 g/mol. The molecule has 6 heteroatoms. The van der Waals surface area contributed by atoms with Crippen molar-refractivity contribution >= 4 is 23.6 Å². The first-order valence-electron chi connectivity index (χ1n) is 9.93. The summed E-state index contributed by atoms with van der Waals surface area (Å²) in [4.78, 5) is 27.8. The molecule has 148 valence electrons. The van der Waals surface area contributed by atoms with E-state index in [1.165, 1.54) is 0 Å². The van der Waals surface area contributed by atoms with Crippen LogP contribution in [0.5, 0.6) is 0 Å². The largest absolute Gasteiger partial charge is 0.342 e. The predicted molar refractivity (Wildman–Crippen MR) is 111 cm³/mol. The van der Waals surface area contributed by atoms with Crippen LogP contribution in [0.1, 0.15) is 51.0 Å². The molecule has 28 heavy (non-hydrogen) atoms. The van der Waals surface area contributed by atoms with E-state index in [9.17, 15) is 14.9 Å². The molecular formula is C22H27N3O2S. The van der Waals surface area contributed by atoms with Gasteiger partial charge in [-0.2, -0.15) is 5.26 Å². The van der Waals surface area contributed by atoms with Crippen LogP contribution in [-0.2, 0) is 9.59 Å². The van der Waals surface area contributed by atoms with Crippen LogP contribution < -0.4 is 5.32 Å². The molecule has 0 saturated heterocycles. The molecule has 0 spiro atoms. The normalized spacial score (nSPS) is 22.4. The third-order valence-electron chi connectivity index (χ3n) is 5.41.